The Labute approximate surface area is 237 Å². The number of hydrogen-bond acceptors (Lipinski definition) is 9. The van der Waals surface area contributed by atoms with Crippen molar-refractivity contribution in [3.63, 3.8) is 0 Å². The number of non-ortho nitro benzene ring substituents is 1. The van der Waals surface area contributed by atoms with Crippen LogP contribution in [-0.2, 0) is 15.3 Å². The minimum atomic E-state index is -1.20. The SMILES string of the molecule is O=C1C(=O)N(c2nnc(SCc3ccccc3F)s2)C(c2cccc([N+](=O)[O-])c2)/C1=C(/O)c1ccc(Br)cc1. The molecule has 4 aromatic rings. The Balaban J connectivity index is 1.57. The van der Waals surface area contributed by atoms with Gasteiger partial charge in [-0.2, -0.15) is 0 Å². The molecule has 0 aliphatic carbocycles. The van der Waals surface area contributed by atoms with E-state index in [2.05, 4.69) is 26.1 Å². The normalized spacial score (nSPS) is 16.6. The summed E-state index contributed by atoms with van der Waals surface area (Å²) in [7, 11) is 0. The summed E-state index contributed by atoms with van der Waals surface area (Å²) < 4.78 is 15.2. The monoisotopic (exact) mass is 626 g/mol. The fraction of sp³-hybridized carbons (Fsp3) is 0.0769. The van der Waals surface area contributed by atoms with Gasteiger partial charge < -0.3 is 5.11 Å². The summed E-state index contributed by atoms with van der Waals surface area (Å²) in [6.07, 6.45) is 0. The smallest absolute Gasteiger partial charge is 0.301 e. The summed E-state index contributed by atoms with van der Waals surface area (Å²) in [5.41, 5.74) is 0.493. The first-order valence-electron chi connectivity index (χ1n) is 11.3. The number of ketones is 1. The highest BCUT2D eigenvalue weighted by atomic mass is 79.9. The number of nitro benzene ring substituents is 1. The van der Waals surface area contributed by atoms with Crippen molar-refractivity contribution >= 4 is 67.3 Å². The summed E-state index contributed by atoms with van der Waals surface area (Å²) >= 11 is 5.53. The van der Waals surface area contributed by atoms with Crippen LogP contribution in [0.3, 0.4) is 0 Å². The van der Waals surface area contributed by atoms with Crippen molar-refractivity contribution in [1.29, 1.82) is 0 Å². The number of Topliss-reactive ketones (excluding diaryl/α,β-unsaturated/α-hetero) is 1. The molecule has 0 bridgehead atoms. The molecule has 1 aliphatic rings. The van der Waals surface area contributed by atoms with Gasteiger partial charge in [-0.1, -0.05) is 81.5 Å². The predicted octanol–water partition coefficient (Wildman–Crippen LogP) is 6.27. The largest absolute Gasteiger partial charge is 0.507 e. The molecule has 0 spiro atoms. The number of rotatable bonds is 7. The van der Waals surface area contributed by atoms with Gasteiger partial charge in [0.25, 0.3) is 11.5 Å². The molecule has 1 atom stereocenters. The number of carbonyl (C=O) groups excluding carboxylic acids is 2. The standard InChI is InChI=1S/C26H16BrFN4O5S2/c27-17-10-8-14(9-11-17)22(33)20-21(15-5-3-6-18(12-15)32(36)37)31(24(35)23(20)34)25-29-30-26(39-25)38-13-16-4-1-2-7-19(16)28/h1-12,21,33H,13H2/b22-20-. The molecule has 1 fully saturated rings. The van der Waals surface area contributed by atoms with Gasteiger partial charge >= 0.3 is 5.91 Å². The molecule has 1 saturated heterocycles. The number of benzene rings is 3. The Bertz CT molecular complexity index is 1640. The van der Waals surface area contributed by atoms with Crippen molar-refractivity contribution < 1.29 is 24.0 Å². The molecule has 1 aliphatic heterocycles. The average molecular weight is 627 g/mol. The minimum Gasteiger partial charge on any atom is -0.507 e. The molecular formula is C26H16BrFN4O5S2. The summed E-state index contributed by atoms with van der Waals surface area (Å²) in [6, 6.07) is 17.1. The Kier molecular flexibility index (Phi) is 7.55. The maximum absolute atomic E-state index is 14.0. The third kappa shape index (κ3) is 5.33. The fourth-order valence-corrected chi connectivity index (χ4v) is 6.15. The van der Waals surface area contributed by atoms with Crippen molar-refractivity contribution in [3.05, 3.63) is 115 Å². The zero-order valence-electron chi connectivity index (χ0n) is 19.7. The lowest BCUT2D eigenvalue weighted by molar-refractivity contribution is -0.384. The highest BCUT2D eigenvalue weighted by molar-refractivity contribution is 9.10. The Morgan fingerprint density at radius 1 is 1.10 bits per heavy atom. The number of nitrogens with zero attached hydrogens (tertiary/aromatic N) is 4. The summed E-state index contributed by atoms with van der Waals surface area (Å²) in [6.45, 7) is 0. The van der Waals surface area contributed by atoms with E-state index >= 15 is 0 Å². The number of aromatic nitrogens is 2. The Morgan fingerprint density at radius 2 is 1.85 bits per heavy atom. The summed E-state index contributed by atoms with van der Waals surface area (Å²) in [5, 5.41) is 30.9. The molecule has 9 nitrogen and oxygen atoms in total. The molecule has 0 saturated carbocycles. The van der Waals surface area contributed by atoms with Crippen LogP contribution in [0, 0.1) is 15.9 Å². The lowest BCUT2D eigenvalue weighted by Crippen LogP contribution is -2.29. The lowest BCUT2D eigenvalue weighted by atomic mass is 9.95. The van der Waals surface area contributed by atoms with Crippen LogP contribution in [-0.4, -0.2) is 31.9 Å². The van der Waals surface area contributed by atoms with Crippen LogP contribution in [0.25, 0.3) is 5.76 Å². The topological polar surface area (TPSA) is 127 Å². The van der Waals surface area contributed by atoms with Crippen molar-refractivity contribution in [2.45, 2.75) is 16.1 Å². The minimum absolute atomic E-state index is 0.0551. The lowest BCUT2D eigenvalue weighted by Gasteiger charge is -2.22. The molecule has 39 heavy (non-hydrogen) atoms. The molecular weight excluding hydrogens is 611 g/mol. The second kappa shape index (κ2) is 11.0. The van der Waals surface area contributed by atoms with Crippen LogP contribution < -0.4 is 4.90 Å². The van der Waals surface area contributed by atoms with Gasteiger partial charge in [0.15, 0.2) is 4.34 Å². The Hall–Kier alpha value is -3.94. The van der Waals surface area contributed by atoms with E-state index in [0.29, 0.717) is 9.90 Å². The van der Waals surface area contributed by atoms with E-state index in [4.69, 9.17) is 0 Å². The molecule has 196 valence electrons. The predicted molar refractivity (Wildman–Crippen MR) is 148 cm³/mol. The van der Waals surface area contributed by atoms with Gasteiger partial charge in [0, 0.05) is 27.9 Å². The van der Waals surface area contributed by atoms with E-state index in [1.165, 1.54) is 42.1 Å². The van der Waals surface area contributed by atoms with Crippen LogP contribution in [0.5, 0.6) is 0 Å². The van der Waals surface area contributed by atoms with E-state index in [-0.39, 0.29) is 39.1 Å². The van der Waals surface area contributed by atoms with Crippen LogP contribution >= 0.6 is 39.0 Å². The number of nitro groups is 1. The third-order valence-electron chi connectivity index (χ3n) is 5.87. The van der Waals surface area contributed by atoms with E-state index in [0.717, 1.165) is 20.7 Å². The summed E-state index contributed by atoms with van der Waals surface area (Å²) in [4.78, 5) is 38.6. The number of anilines is 1. The number of halogens is 2. The highest BCUT2D eigenvalue weighted by Gasteiger charge is 2.48. The van der Waals surface area contributed by atoms with Gasteiger partial charge in [-0.15, -0.1) is 10.2 Å². The molecule has 2 heterocycles. The first kappa shape index (κ1) is 26.7. The molecule has 1 unspecified atom stereocenters. The van der Waals surface area contributed by atoms with Crippen LogP contribution in [0.4, 0.5) is 15.2 Å². The maximum atomic E-state index is 14.0. The molecule has 5 rings (SSSR count). The van der Waals surface area contributed by atoms with Gasteiger partial charge in [-0.25, -0.2) is 4.39 Å². The van der Waals surface area contributed by atoms with Gasteiger partial charge in [0.05, 0.1) is 16.5 Å². The first-order chi connectivity index (χ1) is 18.7. The van der Waals surface area contributed by atoms with Crippen molar-refractivity contribution in [1.82, 2.24) is 10.2 Å². The van der Waals surface area contributed by atoms with Crippen LogP contribution in [0.2, 0.25) is 0 Å². The third-order valence-corrected chi connectivity index (χ3v) is 8.50. The molecule has 1 amide bonds. The van der Waals surface area contributed by atoms with Gasteiger partial charge in [0.2, 0.25) is 5.13 Å². The van der Waals surface area contributed by atoms with E-state index in [1.807, 2.05) is 0 Å². The summed E-state index contributed by atoms with van der Waals surface area (Å²) in [5.74, 6) is -2.47. The molecule has 0 radical (unpaired) electrons. The first-order valence-corrected chi connectivity index (χ1v) is 13.8. The quantitative estimate of drug-likeness (QED) is 0.0484. The van der Waals surface area contributed by atoms with E-state index in [1.54, 1.807) is 42.5 Å². The van der Waals surface area contributed by atoms with Gasteiger partial charge in [-0.05, 0) is 29.3 Å². The van der Waals surface area contributed by atoms with Crippen molar-refractivity contribution in [3.8, 4) is 0 Å². The number of amides is 1. The van der Waals surface area contributed by atoms with Gasteiger partial charge in [-0.3, -0.25) is 24.6 Å². The molecule has 1 aromatic heterocycles. The number of thioether (sulfide) groups is 1. The Morgan fingerprint density at radius 3 is 2.56 bits per heavy atom. The second-order valence-corrected chi connectivity index (χ2v) is 11.4. The highest BCUT2D eigenvalue weighted by Crippen LogP contribution is 2.44. The number of aliphatic hydroxyl groups is 1. The maximum Gasteiger partial charge on any atom is 0.301 e. The van der Waals surface area contributed by atoms with Crippen molar-refractivity contribution in [2.24, 2.45) is 0 Å². The molecule has 3 aromatic carbocycles. The van der Waals surface area contributed by atoms with Crippen molar-refractivity contribution in [2.75, 3.05) is 4.90 Å². The average Bonchev–Trinajstić information content (AvgIpc) is 3.50. The molecule has 1 N–H and O–H groups in total. The zero-order chi connectivity index (χ0) is 27.7. The zero-order valence-corrected chi connectivity index (χ0v) is 22.9. The van der Waals surface area contributed by atoms with Gasteiger partial charge in [0.1, 0.15) is 11.6 Å². The number of carbonyl (C=O) groups is 2. The second-order valence-electron chi connectivity index (χ2n) is 8.26. The number of hydrogen-bond donors (Lipinski definition) is 1. The molecule has 13 heteroatoms. The van der Waals surface area contributed by atoms with Crippen LogP contribution in [0.15, 0.2) is 87.2 Å². The number of aliphatic hydroxyl groups excluding tert-OH is 1. The van der Waals surface area contributed by atoms with E-state index in [9.17, 15) is 29.2 Å². The fourth-order valence-electron chi connectivity index (χ4n) is 4.03. The van der Waals surface area contributed by atoms with E-state index < -0.39 is 28.4 Å². The van der Waals surface area contributed by atoms with Crippen LogP contribution in [0.1, 0.15) is 22.7 Å².